The van der Waals surface area contributed by atoms with Crippen LogP contribution in [0.2, 0.25) is 0 Å². The van der Waals surface area contributed by atoms with Gasteiger partial charge in [0.1, 0.15) is 24.0 Å². The Bertz CT molecular complexity index is 647. The monoisotopic (exact) mass is 259 g/mol. The van der Waals surface area contributed by atoms with Crippen molar-refractivity contribution >= 4 is 0 Å². The van der Waals surface area contributed by atoms with Crippen molar-refractivity contribution in [1.82, 2.24) is 0 Å². The van der Waals surface area contributed by atoms with E-state index < -0.39 is 5.82 Å². The van der Waals surface area contributed by atoms with Crippen LogP contribution < -0.4 is 4.74 Å². The van der Waals surface area contributed by atoms with Crippen LogP contribution in [0.25, 0.3) is 0 Å². The maximum absolute atomic E-state index is 13.6. The summed E-state index contributed by atoms with van der Waals surface area (Å²) < 4.78 is 32.2. The molecular weight excluding hydrogens is 248 g/mol. The highest BCUT2D eigenvalue weighted by atomic mass is 19.1. The molecule has 0 amide bonds. The molecule has 0 aliphatic rings. The first kappa shape index (κ1) is 13.0. The first-order valence-electron chi connectivity index (χ1n) is 5.67. The normalized spacial score (nSPS) is 10.0. The van der Waals surface area contributed by atoms with E-state index >= 15 is 0 Å². The van der Waals surface area contributed by atoms with Gasteiger partial charge in [-0.1, -0.05) is 12.1 Å². The van der Waals surface area contributed by atoms with E-state index in [2.05, 4.69) is 0 Å². The second-order valence-corrected chi connectivity index (χ2v) is 4.12. The van der Waals surface area contributed by atoms with Gasteiger partial charge in [0.15, 0.2) is 0 Å². The number of ether oxygens (including phenoxy) is 1. The predicted molar refractivity (Wildman–Crippen MR) is 66.6 cm³/mol. The highest BCUT2D eigenvalue weighted by molar-refractivity contribution is 5.33. The summed E-state index contributed by atoms with van der Waals surface area (Å²) in [5.41, 5.74) is 1.10. The van der Waals surface area contributed by atoms with Crippen LogP contribution in [0.5, 0.6) is 5.75 Å². The molecule has 2 aromatic rings. The number of nitriles is 1. The third-order valence-corrected chi connectivity index (χ3v) is 2.72. The van der Waals surface area contributed by atoms with Crippen LogP contribution >= 0.6 is 0 Å². The largest absolute Gasteiger partial charge is 0.489 e. The second-order valence-electron chi connectivity index (χ2n) is 4.12. The lowest BCUT2D eigenvalue weighted by Crippen LogP contribution is -1.99. The Labute approximate surface area is 109 Å². The summed E-state index contributed by atoms with van der Waals surface area (Å²) in [5, 5.41) is 8.63. The number of nitrogens with zero attached hydrogens (tertiary/aromatic N) is 1. The van der Waals surface area contributed by atoms with Crippen molar-refractivity contribution in [3.8, 4) is 11.8 Å². The van der Waals surface area contributed by atoms with E-state index in [9.17, 15) is 8.78 Å². The van der Waals surface area contributed by atoms with Gasteiger partial charge in [-0.05, 0) is 30.7 Å². The summed E-state index contributed by atoms with van der Waals surface area (Å²) >= 11 is 0. The van der Waals surface area contributed by atoms with Gasteiger partial charge < -0.3 is 4.74 Å². The molecule has 2 rings (SSSR count). The molecule has 0 N–H and O–H groups in total. The van der Waals surface area contributed by atoms with Gasteiger partial charge in [-0.3, -0.25) is 0 Å². The van der Waals surface area contributed by atoms with Gasteiger partial charge in [0, 0.05) is 11.6 Å². The van der Waals surface area contributed by atoms with Crippen LogP contribution in [-0.4, -0.2) is 0 Å². The summed E-state index contributed by atoms with van der Waals surface area (Å²) in [6, 6.07) is 10.5. The molecule has 0 unspecified atom stereocenters. The second kappa shape index (κ2) is 5.49. The van der Waals surface area contributed by atoms with Crippen LogP contribution in [0, 0.1) is 29.9 Å². The van der Waals surface area contributed by atoms with Crippen LogP contribution in [0.4, 0.5) is 8.78 Å². The zero-order valence-electron chi connectivity index (χ0n) is 10.3. The fourth-order valence-corrected chi connectivity index (χ4v) is 1.56. The molecular formula is C15H11F2NO. The van der Waals surface area contributed by atoms with Crippen LogP contribution in [0.1, 0.15) is 16.7 Å². The first-order valence-corrected chi connectivity index (χ1v) is 5.67. The van der Waals surface area contributed by atoms with E-state index in [0.717, 1.165) is 6.07 Å². The predicted octanol–water partition coefficient (Wildman–Crippen LogP) is 3.72. The molecule has 0 bridgehead atoms. The number of aryl methyl sites for hydroxylation is 1. The maximum atomic E-state index is 13.6. The average molecular weight is 259 g/mol. The molecule has 0 saturated heterocycles. The highest BCUT2D eigenvalue weighted by Gasteiger charge is 2.05. The molecule has 4 heteroatoms. The van der Waals surface area contributed by atoms with Gasteiger partial charge in [-0.15, -0.1) is 0 Å². The summed E-state index contributed by atoms with van der Waals surface area (Å²) in [7, 11) is 0. The molecule has 0 atom stereocenters. The third kappa shape index (κ3) is 3.08. The molecule has 0 aliphatic carbocycles. The van der Waals surface area contributed by atoms with Crippen molar-refractivity contribution in [3.63, 3.8) is 0 Å². The average Bonchev–Trinajstić information content (AvgIpc) is 2.41. The van der Waals surface area contributed by atoms with Gasteiger partial charge in [-0.2, -0.15) is 5.26 Å². The van der Waals surface area contributed by atoms with Crippen LogP contribution in [-0.2, 0) is 6.61 Å². The van der Waals surface area contributed by atoms with E-state index in [0.29, 0.717) is 16.9 Å². The fraction of sp³-hybridized carbons (Fsp3) is 0.133. The lowest BCUT2D eigenvalue weighted by molar-refractivity contribution is 0.298. The van der Waals surface area contributed by atoms with Gasteiger partial charge in [-0.25, -0.2) is 8.78 Å². The van der Waals surface area contributed by atoms with E-state index in [4.69, 9.17) is 10.00 Å². The molecule has 0 saturated carbocycles. The molecule has 0 radical (unpaired) electrons. The smallest absolute Gasteiger partial charge is 0.131 e. The van der Waals surface area contributed by atoms with Crippen molar-refractivity contribution in [3.05, 3.63) is 64.7 Å². The number of halogens is 2. The van der Waals surface area contributed by atoms with E-state index in [1.54, 1.807) is 19.1 Å². The van der Waals surface area contributed by atoms with Gasteiger partial charge >= 0.3 is 0 Å². The van der Waals surface area contributed by atoms with Gasteiger partial charge in [0.25, 0.3) is 0 Å². The summed E-state index contributed by atoms with van der Waals surface area (Å²) in [5.74, 6) is -0.531. The van der Waals surface area contributed by atoms with Crippen molar-refractivity contribution < 1.29 is 13.5 Å². The molecule has 2 aromatic carbocycles. The summed E-state index contributed by atoms with van der Waals surface area (Å²) in [6.07, 6.45) is 0. The quantitative estimate of drug-likeness (QED) is 0.841. The van der Waals surface area contributed by atoms with Crippen molar-refractivity contribution in [1.29, 1.82) is 5.26 Å². The fourth-order valence-electron chi connectivity index (χ4n) is 1.56. The van der Waals surface area contributed by atoms with Crippen LogP contribution in [0.15, 0.2) is 36.4 Å². The lowest BCUT2D eigenvalue weighted by atomic mass is 10.1. The summed E-state index contributed by atoms with van der Waals surface area (Å²) in [4.78, 5) is 0. The topological polar surface area (TPSA) is 33.0 Å². The molecule has 0 heterocycles. The van der Waals surface area contributed by atoms with Crippen LogP contribution in [0.3, 0.4) is 0 Å². The van der Waals surface area contributed by atoms with Crippen molar-refractivity contribution in [2.24, 2.45) is 0 Å². The number of benzene rings is 2. The third-order valence-electron chi connectivity index (χ3n) is 2.72. The Kier molecular flexibility index (Phi) is 3.76. The zero-order valence-corrected chi connectivity index (χ0v) is 10.3. The number of hydrogen-bond acceptors (Lipinski definition) is 2. The number of hydrogen-bond donors (Lipinski definition) is 0. The van der Waals surface area contributed by atoms with Gasteiger partial charge in [0.05, 0.1) is 11.6 Å². The summed E-state index contributed by atoms with van der Waals surface area (Å²) in [6.45, 7) is 1.64. The molecule has 0 aliphatic heterocycles. The maximum Gasteiger partial charge on any atom is 0.131 e. The minimum atomic E-state index is -0.508. The zero-order chi connectivity index (χ0) is 13.8. The highest BCUT2D eigenvalue weighted by Crippen LogP contribution is 2.18. The Morgan fingerprint density at radius 2 is 1.89 bits per heavy atom. The Hall–Kier alpha value is -2.41. The molecule has 0 fully saturated rings. The van der Waals surface area contributed by atoms with Gasteiger partial charge in [0.2, 0.25) is 0 Å². The lowest BCUT2D eigenvalue weighted by Gasteiger charge is -2.08. The van der Waals surface area contributed by atoms with E-state index in [-0.39, 0.29) is 18.0 Å². The van der Waals surface area contributed by atoms with Crippen molar-refractivity contribution in [2.45, 2.75) is 13.5 Å². The molecule has 19 heavy (non-hydrogen) atoms. The Morgan fingerprint density at radius 3 is 2.53 bits per heavy atom. The molecule has 2 nitrogen and oxygen atoms in total. The molecule has 96 valence electrons. The molecule has 0 spiro atoms. The Balaban J connectivity index is 2.10. The van der Waals surface area contributed by atoms with E-state index in [1.165, 1.54) is 18.2 Å². The molecule has 0 aromatic heterocycles. The minimum Gasteiger partial charge on any atom is -0.489 e. The standard InChI is InChI=1S/C15H11F2NO/c1-10-2-5-13(7-14(10)16)19-9-12-4-3-11(8-18)6-15(12)17/h2-7H,9H2,1H3. The SMILES string of the molecule is Cc1ccc(OCc2ccc(C#N)cc2F)cc1F. The first-order chi connectivity index (χ1) is 9.10. The Morgan fingerprint density at radius 1 is 1.11 bits per heavy atom. The number of rotatable bonds is 3. The van der Waals surface area contributed by atoms with Crippen molar-refractivity contribution in [2.75, 3.05) is 0 Å². The minimum absolute atomic E-state index is 0.0138. The van der Waals surface area contributed by atoms with E-state index in [1.807, 2.05) is 6.07 Å².